The van der Waals surface area contributed by atoms with Gasteiger partial charge in [0.05, 0.1) is 5.56 Å². The van der Waals surface area contributed by atoms with Crippen molar-refractivity contribution in [2.75, 3.05) is 11.9 Å². The van der Waals surface area contributed by atoms with Crippen molar-refractivity contribution >= 4 is 17.6 Å². The Bertz CT molecular complexity index is 692. The number of hydrogen-bond donors (Lipinski definition) is 2. The van der Waals surface area contributed by atoms with Crippen LogP contribution in [-0.4, -0.2) is 23.6 Å². The Kier molecular flexibility index (Phi) is 5.95. The van der Waals surface area contributed by atoms with Crippen molar-refractivity contribution < 1.29 is 19.4 Å². The van der Waals surface area contributed by atoms with Gasteiger partial charge in [0.15, 0.2) is 6.61 Å². The number of benzene rings is 2. The number of esters is 1. The lowest BCUT2D eigenvalue weighted by molar-refractivity contribution is -0.119. The highest BCUT2D eigenvalue weighted by Crippen LogP contribution is 2.20. The van der Waals surface area contributed by atoms with Gasteiger partial charge >= 0.3 is 5.97 Å². The lowest BCUT2D eigenvalue weighted by Crippen LogP contribution is -2.20. The summed E-state index contributed by atoms with van der Waals surface area (Å²) in [6.45, 7) is 3.91. The Morgan fingerprint density at radius 1 is 1.08 bits per heavy atom. The molecule has 0 aliphatic rings. The van der Waals surface area contributed by atoms with Gasteiger partial charge in [0, 0.05) is 5.69 Å². The SMILES string of the molecule is CC[C@H](C)c1ccc(NC(=O)COC(=O)c2ccc(O)cc2)cc1. The molecule has 0 bridgehead atoms. The van der Waals surface area contributed by atoms with Crippen molar-refractivity contribution in [3.05, 3.63) is 59.7 Å². The van der Waals surface area contributed by atoms with Gasteiger partial charge in [-0.1, -0.05) is 26.0 Å². The molecule has 24 heavy (non-hydrogen) atoms. The minimum atomic E-state index is -0.614. The highest BCUT2D eigenvalue weighted by Gasteiger charge is 2.10. The highest BCUT2D eigenvalue weighted by atomic mass is 16.5. The number of carbonyl (C=O) groups excluding carboxylic acids is 2. The zero-order valence-electron chi connectivity index (χ0n) is 13.8. The Morgan fingerprint density at radius 3 is 2.29 bits per heavy atom. The average Bonchev–Trinajstić information content (AvgIpc) is 2.60. The maximum atomic E-state index is 11.8. The fourth-order valence-electron chi connectivity index (χ4n) is 2.14. The average molecular weight is 327 g/mol. The van der Waals surface area contributed by atoms with E-state index in [1.165, 1.54) is 29.8 Å². The van der Waals surface area contributed by atoms with Gasteiger partial charge in [-0.15, -0.1) is 0 Å². The van der Waals surface area contributed by atoms with Crippen LogP contribution in [0.25, 0.3) is 0 Å². The Morgan fingerprint density at radius 2 is 1.71 bits per heavy atom. The molecule has 0 heterocycles. The van der Waals surface area contributed by atoms with Crippen molar-refractivity contribution in [2.45, 2.75) is 26.2 Å². The van der Waals surface area contributed by atoms with E-state index in [0.29, 0.717) is 11.6 Å². The number of aromatic hydroxyl groups is 1. The summed E-state index contributed by atoms with van der Waals surface area (Å²) in [4.78, 5) is 23.6. The van der Waals surface area contributed by atoms with E-state index in [4.69, 9.17) is 4.74 Å². The van der Waals surface area contributed by atoms with Crippen molar-refractivity contribution in [2.24, 2.45) is 0 Å². The molecule has 0 aliphatic carbocycles. The van der Waals surface area contributed by atoms with Crippen LogP contribution in [0, 0.1) is 0 Å². The number of amides is 1. The van der Waals surface area contributed by atoms with Gasteiger partial charge in [0.25, 0.3) is 5.91 Å². The third-order valence-electron chi connectivity index (χ3n) is 3.81. The molecule has 0 spiro atoms. The summed E-state index contributed by atoms with van der Waals surface area (Å²) < 4.78 is 4.95. The van der Waals surface area contributed by atoms with Crippen molar-refractivity contribution in [1.82, 2.24) is 0 Å². The second-order valence-electron chi connectivity index (χ2n) is 5.60. The van der Waals surface area contributed by atoms with Crippen LogP contribution in [0.15, 0.2) is 48.5 Å². The first-order valence-corrected chi connectivity index (χ1v) is 7.85. The molecule has 2 aromatic rings. The monoisotopic (exact) mass is 327 g/mol. The molecule has 2 N–H and O–H groups in total. The molecule has 5 heteroatoms. The maximum absolute atomic E-state index is 11.8. The van der Waals surface area contributed by atoms with Gasteiger partial charge in [-0.2, -0.15) is 0 Å². The minimum Gasteiger partial charge on any atom is -0.508 e. The van der Waals surface area contributed by atoms with Crippen LogP contribution in [-0.2, 0) is 9.53 Å². The molecular formula is C19H21NO4. The second kappa shape index (κ2) is 8.15. The van der Waals surface area contributed by atoms with Crippen molar-refractivity contribution in [3.8, 4) is 5.75 Å². The predicted molar refractivity (Wildman–Crippen MR) is 92.2 cm³/mol. The lowest BCUT2D eigenvalue weighted by atomic mass is 9.99. The quantitative estimate of drug-likeness (QED) is 0.793. The van der Waals surface area contributed by atoms with Gasteiger partial charge in [-0.25, -0.2) is 4.79 Å². The zero-order chi connectivity index (χ0) is 17.5. The van der Waals surface area contributed by atoms with Gasteiger partial charge in [0.2, 0.25) is 0 Å². The van der Waals surface area contributed by atoms with Gasteiger partial charge in [0.1, 0.15) is 5.75 Å². The summed E-state index contributed by atoms with van der Waals surface area (Å²) in [5, 5.41) is 11.9. The molecule has 0 fully saturated rings. The van der Waals surface area contributed by atoms with Crippen LogP contribution in [0.4, 0.5) is 5.69 Å². The third kappa shape index (κ3) is 4.84. The second-order valence-corrected chi connectivity index (χ2v) is 5.60. The summed E-state index contributed by atoms with van der Waals surface area (Å²) in [7, 11) is 0. The zero-order valence-corrected chi connectivity index (χ0v) is 13.8. The number of phenols is 1. The first-order valence-electron chi connectivity index (χ1n) is 7.85. The number of hydrogen-bond acceptors (Lipinski definition) is 4. The summed E-state index contributed by atoms with van der Waals surface area (Å²) in [6.07, 6.45) is 1.05. The van der Waals surface area contributed by atoms with Gasteiger partial charge < -0.3 is 15.2 Å². The standard InChI is InChI=1S/C19H21NO4/c1-3-13(2)14-4-8-16(9-5-14)20-18(22)12-24-19(23)15-6-10-17(21)11-7-15/h4-11,13,21H,3,12H2,1-2H3,(H,20,22)/t13-/m0/s1. The Balaban J connectivity index is 1.84. The van der Waals surface area contributed by atoms with E-state index in [2.05, 4.69) is 19.2 Å². The summed E-state index contributed by atoms with van der Waals surface area (Å²) in [5.41, 5.74) is 2.15. The Labute approximate surface area is 141 Å². The number of ether oxygens (including phenoxy) is 1. The van der Waals surface area contributed by atoms with Gasteiger partial charge in [-0.05, 0) is 54.3 Å². The topological polar surface area (TPSA) is 75.6 Å². The van der Waals surface area contributed by atoms with Crippen molar-refractivity contribution in [3.63, 3.8) is 0 Å². The Hall–Kier alpha value is -2.82. The van der Waals surface area contributed by atoms with Crippen LogP contribution < -0.4 is 5.32 Å². The van der Waals surface area contributed by atoms with E-state index in [0.717, 1.165) is 6.42 Å². The molecular weight excluding hydrogens is 306 g/mol. The van der Waals surface area contributed by atoms with E-state index < -0.39 is 11.9 Å². The minimum absolute atomic E-state index is 0.0603. The molecule has 2 rings (SSSR count). The normalized spacial score (nSPS) is 11.6. The molecule has 1 atom stereocenters. The number of carbonyl (C=O) groups is 2. The van der Waals surface area contributed by atoms with Crippen LogP contribution in [0.1, 0.15) is 42.1 Å². The highest BCUT2D eigenvalue weighted by molar-refractivity contribution is 5.95. The molecule has 1 amide bonds. The number of rotatable bonds is 6. The van der Waals surface area contributed by atoms with E-state index in [1.54, 1.807) is 0 Å². The maximum Gasteiger partial charge on any atom is 0.338 e. The van der Waals surface area contributed by atoms with Crippen molar-refractivity contribution in [1.29, 1.82) is 0 Å². The molecule has 0 aromatic heterocycles. The fraction of sp³-hybridized carbons (Fsp3) is 0.263. The van der Waals surface area contributed by atoms with E-state index in [-0.39, 0.29) is 17.9 Å². The third-order valence-corrected chi connectivity index (χ3v) is 3.81. The van der Waals surface area contributed by atoms with E-state index in [1.807, 2.05) is 24.3 Å². The fourth-order valence-corrected chi connectivity index (χ4v) is 2.14. The number of phenolic OH excluding ortho intramolecular Hbond substituents is 1. The van der Waals surface area contributed by atoms with E-state index in [9.17, 15) is 14.7 Å². The number of nitrogens with one attached hydrogen (secondary N) is 1. The van der Waals surface area contributed by atoms with Gasteiger partial charge in [-0.3, -0.25) is 4.79 Å². The summed E-state index contributed by atoms with van der Waals surface area (Å²) in [5.74, 6) is -0.484. The molecule has 0 aliphatic heterocycles. The van der Waals surface area contributed by atoms with Crippen LogP contribution >= 0.6 is 0 Å². The molecule has 0 saturated heterocycles. The molecule has 5 nitrogen and oxygen atoms in total. The summed E-state index contributed by atoms with van der Waals surface area (Å²) >= 11 is 0. The largest absolute Gasteiger partial charge is 0.508 e. The van der Waals surface area contributed by atoms with Crippen LogP contribution in [0.2, 0.25) is 0 Å². The first kappa shape index (κ1) is 17.5. The molecule has 0 saturated carbocycles. The molecule has 2 aromatic carbocycles. The van der Waals surface area contributed by atoms with Crippen LogP contribution in [0.3, 0.4) is 0 Å². The molecule has 126 valence electrons. The van der Waals surface area contributed by atoms with E-state index >= 15 is 0 Å². The van der Waals surface area contributed by atoms with Crippen LogP contribution in [0.5, 0.6) is 5.75 Å². The first-order chi connectivity index (χ1) is 11.5. The predicted octanol–water partition coefficient (Wildman–Crippen LogP) is 3.70. The molecule has 0 radical (unpaired) electrons. The number of anilines is 1. The lowest BCUT2D eigenvalue weighted by Gasteiger charge is -2.10. The summed E-state index contributed by atoms with van der Waals surface area (Å²) in [6, 6.07) is 13.3. The molecule has 0 unspecified atom stereocenters. The smallest absolute Gasteiger partial charge is 0.338 e.